The van der Waals surface area contributed by atoms with Crippen LogP contribution in [0.25, 0.3) is 0 Å². The summed E-state index contributed by atoms with van der Waals surface area (Å²) in [6, 6.07) is -0.0957. The van der Waals surface area contributed by atoms with Crippen molar-refractivity contribution in [3.8, 4) is 0 Å². The Balaban J connectivity index is 1.79. The fourth-order valence-electron chi connectivity index (χ4n) is 2.83. The maximum absolute atomic E-state index is 12.8. The standard InChI is InChI=1S/C15H22N6OS/c1-9(2)7-12-17-8-11(23-12)14(22)21-6-4-5-10(21)13-18-15(16)20(3)19-13/h8-10H,4-7H2,1-3H3,(H2,16,18,19). The minimum atomic E-state index is -0.0957. The van der Waals surface area contributed by atoms with Crippen molar-refractivity contribution in [1.82, 2.24) is 24.6 Å². The maximum atomic E-state index is 12.8. The van der Waals surface area contributed by atoms with E-state index in [1.807, 2.05) is 4.90 Å². The molecule has 8 heteroatoms. The molecule has 2 N–H and O–H groups in total. The number of hydrogen-bond donors (Lipinski definition) is 1. The quantitative estimate of drug-likeness (QED) is 0.924. The van der Waals surface area contributed by atoms with E-state index in [1.54, 1.807) is 17.9 Å². The van der Waals surface area contributed by atoms with Crippen molar-refractivity contribution in [3.05, 3.63) is 21.9 Å². The van der Waals surface area contributed by atoms with E-state index in [-0.39, 0.29) is 11.9 Å². The Morgan fingerprint density at radius 3 is 2.96 bits per heavy atom. The largest absolute Gasteiger partial charge is 0.368 e. The molecule has 1 fully saturated rings. The minimum absolute atomic E-state index is 0.0195. The molecule has 1 atom stereocenters. The lowest BCUT2D eigenvalue weighted by Crippen LogP contribution is -2.30. The zero-order valence-corrected chi connectivity index (χ0v) is 14.5. The van der Waals surface area contributed by atoms with Crippen molar-refractivity contribution in [2.45, 2.75) is 39.2 Å². The third-order valence-electron chi connectivity index (χ3n) is 3.97. The number of carbonyl (C=O) groups excluding carboxylic acids is 1. The molecule has 1 aliphatic heterocycles. The van der Waals surface area contributed by atoms with Crippen molar-refractivity contribution in [1.29, 1.82) is 0 Å². The number of likely N-dealkylation sites (tertiary alicyclic amines) is 1. The van der Waals surface area contributed by atoms with Gasteiger partial charge in [-0.25, -0.2) is 9.67 Å². The van der Waals surface area contributed by atoms with Crippen LogP contribution in [-0.2, 0) is 13.5 Å². The van der Waals surface area contributed by atoms with Gasteiger partial charge in [-0.15, -0.1) is 11.3 Å². The van der Waals surface area contributed by atoms with Crippen molar-refractivity contribution in [3.63, 3.8) is 0 Å². The molecule has 0 bridgehead atoms. The first kappa shape index (κ1) is 15.9. The topological polar surface area (TPSA) is 89.9 Å². The van der Waals surface area contributed by atoms with E-state index in [2.05, 4.69) is 28.9 Å². The molecule has 23 heavy (non-hydrogen) atoms. The van der Waals surface area contributed by atoms with Gasteiger partial charge in [0.1, 0.15) is 4.88 Å². The highest BCUT2D eigenvalue weighted by molar-refractivity contribution is 7.13. The first-order valence-corrected chi connectivity index (χ1v) is 8.69. The second-order valence-electron chi connectivity index (χ2n) is 6.32. The summed E-state index contributed by atoms with van der Waals surface area (Å²) in [6.45, 7) is 5.02. The van der Waals surface area contributed by atoms with E-state index in [1.165, 1.54) is 11.3 Å². The summed E-state index contributed by atoms with van der Waals surface area (Å²) < 4.78 is 1.55. The summed E-state index contributed by atoms with van der Waals surface area (Å²) in [7, 11) is 1.76. The predicted octanol–water partition coefficient (Wildman–Crippen LogP) is 2.03. The van der Waals surface area contributed by atoms with Crippen LogP contribution < -0.4 is 5.73 Å². The summed E-state index contributed by atoms with van der Waals surface area (Å²) in [6.07, 6.45) is 4.42. The molecular formula is C15H22N6OS. The number of nitrogens with zero attached hydrogens (tertiary/aromatic N) is 5. The van der Waals surface area contributed by atoms with Gasteiger partial charge in [-0.05, 0) is 18.8 Å². The second kappa shape index (κ2) is 6.27. The van der Waals surface area contributed by atoms with Gasteiger partial charge in [-0.3, -0.25) is 4.79 Å². The third kappa shape index (κ3) is 3.21. The van der Waals surface area contributed by atoms with Crippen LogP contribution in [0.3, 0.4) is 0 Å². The van der Waals surface area contributed by atoms with Crippen LogP contribution in [-0.4, -0.2) is 37.1 Å². The lowest BCUT2D eigenvalue weighted by atomic mass is 10.1. The number of nitrogen functional groups attached to an aromatic ring is 1. The van der Waals surface area contributed by atoms with Gasteiger partial charge in [0.25, 0.3) is 5.91 Å². The second-order valence-corrected chi connectivity index (χ2v) is 7.44. The van der Waals surface area contributed by atoms with Crippen molar-refractivity contribution in [2.24, 2.45) is 13.0 Å². The average molecular weight is 334 g/mol. The van der Waals surface area contributed by atoms with Crippen LogP contribution in [0.4, 0.5) is 5.95 Å². The number of aryl methyl sites for hydroxylation is 1. The number of anilines is 1. The van der Waals surface area contributed by atoms with Crippen LogP contribution in [0.15, 0.2) is 6.20 Å². The molecule has 1 unspecified atom stereocenters. The monoisotopic (exact) mass is 334 g/mol. The Bertz CT molecular complexity index is 687. The molecule has 0 radical (unpaired) electrons. The van der Waals surface area contributed by atoms with Gasteiger partial charge in [0, 0.05) is 20.0 Å². The molecule has 1 aliphatic rings. The number of aromatic nitrogens is 4. The fraction of sp³-hybridized carbons (Fsp3) is 0.600. The molecule has 7 nitrogen and oxygen atoms in total. The van der Waals surface area contributed by atoms with E-state index in [0.29, 0.717) is 22.6 Å². The molecule has 2 aromatic heterocycles. The van der Waals surface area contributed by atoms with Gasteiger partial charge >= 0.3 is 0 Å². The highest BCUT2D eigenvalue weighted by Crippen LogP contribution is 2.32. The molecule has 124 valence electrons. The molecule has 2 aromatic rings. The summed E-state index contributed by atoms with van der Waals surface area (Å²) in [5.74, 6) is 1.55. The average Bonchev–Trinajstić information content (AvgIpc) is 3.18. The van der Waals surface area contributed by atoms with E-state index in [9.17, 15) is 4.79 Å². The molecule has 1 saturated heterocycles. The number of hydrogen-bond acceptors (Lipinski definition) is 6. The normalized spacial score (nSPS) is 18.1. The highest BCUT2D eigenvalue weighted by atomic mass is 32.1. The van der Waals surface area contributed by atoms with E-state index >= 15 is 0 Å². The number of thiazole rings is 1. The van der Waals surface area contributed by atoms with Crippen LogP contribution in [0.1, 0.15) is 53.2 Å². The molecule has 3 rings (SSSR count). The van der Waals surface area contributed by atoms with Crippen molar-refractivity contribution < 1.29 is 4.79 Å². The predicted molar refractivity (Wildman–Crippen MR) is 89.1 cm³/mol. The Kier molecular flexibility index (Phi) is 4.34. The molecule has 3 heterocycles. The molecule has 0 aromatic carbocycles. The lowest BCUT2D eigenvalue weighted by Gasteiger charge is -2.21. The van der Waals surface area contributed by atoms with Crippen LogP contribution in [0, 0.1) is 5.92 Å². The Labute approximate surface area is 139 Å². The fourth-order valence-corrected chi connectivity index (χ4v) is 3.92. The lowest BCUT2D eigenvalue weighted by molar-refractivity contribution is 0.0734. The number of carbonyl (C=O) groups is 1. The van der Waals surface area contributed by atoms with Gasteiger partial charge in [0.2, 0.25) is 5.95 Å². The summed E-state index contributed by atoms with van der Waals surface area (Å²) in [5.41, 5.74) is 5.77. The van der Waals surface area contributed by atoms with Gasteiger partial charge < -0.3 is 10.6 Å². The van der Waals surface area contributed by atoms with Gasteiger partial charge in [0.05, 0.1) is 17.2 Å². The van der Waals surface area contributed by atoms with Gasteiger partial charge in [0.15, 0.2) is 5.82 Å². The summed E-state index contributed by atoms with van der Waals surface area (Å²) >= 11 is 1.49. The van der Waals surface area contributed by atoms with Gasteiger partial charge in [-0.2, -0.15) is 10.1 Å². The Morgan fingerprint density at radius 2 is 2.30 bits per heavy atom. The van der Waals surface area contributed by atoms with Gasteiger partial charge in [-0.1, -0.05) is 13.8 Å². The maximum Gasteiger partial charge on any atom is 0.266 e. The first-order valence-electron chi connectivity index (χ1n) is 7.87. The zero-order valence-electron chi connectivity index (χ0n) is 13.7. The Morgan fingerprint density at radius 1 is 1.52 bits per heavy atom. The third-order valence-corrected chi connectivity index (χ3v) is 4.98. The summed E-state index contributed by atoms with van der Waals surface area (Å²) in [4.78, 5) is 24.0. The van der Waals surface area contributed by atoms with Crippen LogP contribution in [0.5, 0.6) is 0 Å². The molecular weight excluding hydrogens is 312 g/mol. The number of rotatable bonds is 4. The van der Waals surface area contributed by atoms with Crippen molar-refractivity contribution in [2.75, 3.05) is 12.3 Å². The van der Waals surface area contributed by atoms with Crippen LogP contribution >= 0.6 is 11.3 Å². The van der Waals surface area contributed by atoms with Crippen molar-refractivity contribution >= 4 is 23.2 Å². The SMILES string of the molecule is CC(C)Cc1ncc(C(=O)N2CCCC2c2nc(N)n(C)n2)s1. The van der Waals surface area contributed by atoms with E-state index in [4.69, 9.17) is 5.73 Å². The van der Waals surface area contributed by atoms with E-state index < -0.39 is 0 Å². The molecule has 0 spiro atoms. The van der Waals surface area contributed by atoms with E-state index in [0.717, 1.165) is 30.8 Å². The molecule has 0 aliphatic carbocycles. The number of amides is 1. The highest BCUT2D eigenvalue weighted by Gasteiger charge is 2.34. The molecule has 0 saturated carbocycles. The molecule has 1 amide bonds. The first-order chi connectivity index (χ1) is 11.0. The van der Waals surface area contributed by atoms with Crippen LogP contribution in [0.2, 0.25) is 0 Å². The summed E-state index contributed by atoms with van der Waals surface area (Å²) in [5, 5.41) is 5.35. The smallest absolute Gasteiger partial charge is 0.266 e. The minimum Gasteiger partial charge on any atom is -0.368 e. The number of nitrogens with two attached hydrogens (primary N) is 1. The Hall–Kier alpha value is -1.96. The zero-order chi connectivity index (χ0) is 16.6.